The van der Waals surface area contributed by atoms with Crippen molar-refractivity contribution >= 4 is 5.91 Å². The van der Waals surface area contributed by atoms with Gasteiger partial charge in [0, 0.05) is 56.8 Å². The van der Waals surface area contributed by atoms with Gasteiger partial charge in [-0.15, -0.1) is 10.2 Å². The summed E-state index contributed by atoms with van der Waals surface area (Å²) in [5, 5.41) is 12.3. The molecule has 1 aliphatic rings. The van der Waals surface area contributed by atoms with Gasteiger partial charge in [0.2, 0.25) is 5.88 Å². The molecule has 9 heteroatoms. The highest BCUT2D eigenvalue weighted by atomic mass is 16.5. The minimum Gasteiger partial charge on any atom is -0.473 e. The van der Waals surface area contributed by atoms with Gasteiger partial charge in [-0.2, -0.15) is 5.10 Å². The van der Waals surface area contributed by atoms with E-state index < -0.39 is 0 Å². The molecule has 0 bridgehead atoms. The lowest BCUT2D eigenvalue weighted by atomic mass is 10.1. The van der Waals surface area contributed by atoms with Crippen LogP contribution in [-0.2, 0) is 0 Å². The van der Waals surface area contributed by atoms with Gasteiger partial charge < -0.3 is 9.64 Å². The highest BCUT2D eigenvalue weighted by Crippen LogP contribution is 2.18. The second kappa shape index (κ2) is 7.26. The average molecular weight is 351 g/mol. The van der Waals surface area contributed by atoms with Crippen molar-refractivity contribution in [3.8, 4) is 11.7 Å². The SMILES string of the molecule is O=C(c1cnccn1)N1CCC(Oc2ccc(-n3cccn3)nn2)CC1. The molecule has 0 saturated carbocycles. The number of hydrogen-bond donors (Lipinski definition) is 0. The molecule has 0 unspecified atom stereocenters. The first-order chi connectivity index (χ1) is 12.8. The van der Waals surface area contributed by atoms with E-state index in [1.54, 1.807) is 34.2 Å². The summed E-state index contributed by atoms with van der Waals surface area (Å²) in [5.74, 6) is 1.01. The molecule has 132 valence electrons. The van der Waals surface area contributed by atoms with E-state index in [2.05, 4.69) is 25.3 Å². The molecule has 0 spiro atoms. The van der Waals surface area contributed by atoms with Crippen LogP contribution in [0.15, 0.2) is 49.2 Å². The van der Waals surface area contributed by atoms with Crippen molar-refractivity contribution in [2.24, 2.45) is 0 Å². The van der Waals surface area contributed by atoms with Gasteiger partial charge in [0.15, 0.2) is 5.82 Å². The Hall–Kier alpha value is -3.36. The molecule has 3 aromatic rings. The molecule has 0 aliphatic carbocycles. The Kier molecular flexibility index (Phi) is 4.50. The minimum atomic E-state index is -0.0973. The monoisotopic (exact) mass is 351 g/mol. The smallest absolute Gasteiger partial charge is 0.274 e. The van der Waals surface area contributed by atoms with E-state index in [0.717, 1.165) is 12.8 Å². The van der Waals surface area contributed by atoms with Crippen LogP contribution in [0.4, 0.5) is 0 Å². The first-order valence-corrected chi connectivity index (χ1v) is 8.35. The van der Waals surface area contributed by atoms with Gasteiger partial charge in [0.25, 0.3) is 5.91 Å². The summed E-state index contributed by atoms with van der Waals surface area (Å²) in [5.41, 5.74) is 0.368. The van der Waals surface area contributed by atoms with Crippen molar-refractivity contribution < 1.29 is 9.53 Å². The van der Waals surface area contributed by atoms with Gasteiger partial charge in [0.1, 0.15) is 11.8 Å². The number of carbonyl (C=O) groups excluding carboxylic acids is 1. The zero-order chi connectivity index (χ0) is 17.8. The maximum Gasteiger partial charge on any atom is 0.274 e. The van der Waals surface area contributed by atoms with Gasteiger partial charge in [-0.25, -0.2) is 9.67 Å². The van der Waals surface area contributed by atoms with Crippen LogP contribution in [0.5, 0.6) is 5.88 Å². The van der Waals surface area contributed by atoms with E-state index in [0.29, 0.717) is 30.5 Å². The van der Waals surface area contributed by atoms with Crippen molar-refractivity contribution in [1.82, 2.24) is 34.8 Å². The Morgan fingerprint density at radius 2 is 2.00 bits per heavy atom. The van der Waals surface area contributed by atoms with Crippen molar-refractivity contribution in [3.63, 3.8) is 0 Å². The van der Waals surface area contributed by atoms with E-state index in [-0.39, 0.29) is 12.0 Å². The standard InChI is InChI=1S/C17H17N7O2/c25-17(14-12-18-7-8-19-14)23-10-4-13(5-11-23)26-16-3-2-15(21-22-16)24-9-1-6-20-24/h1-3,6-9,12-13H,4-5,10-11H2. The van der Waals surface area contributed by atoms with Gasteiger partial charge in [-0.1, -0.05) is 0 Å². The first-order valence-electron chi connectivity index (χ1n) is 8.35. The molecule has 3 aromatic heterocycles. The van der Waals surface area contributed by atoms with E-state index >= 15 is 0 Å². The Bertz CT molecular complexity index is 845. The third-order valence-electron chi connectivity index (χ3n) is 4.16. The number of amides is 1. The highest BCUT2D eigenvalue weighted by molar-refractivity contribution is 5.92. The summed E-state index contributed by atoms with van der Waals surface area (Å²) in [6.07, 6.45) is 9.51. The Balaban J connectivity index is 1.32. The van der Waals surface area contributed by atoms with Gasteiger partial charge in [-0.3, -0.25) is 9.78 Å². The van der Waals surface area contributed by atoms with Gasteiger partial charge in [-0.05, 0) is 12.1 Å². The lowest BCUT2D eigenvalue weighted by Gasteiger charge is -2.31. The maximum absolute atomic E-state index is 12.4. The topological polar surface area (TPSA) is 98.9 Å². The van der Waals surface area contributed by atoms with Crippen molar-refractivity contribution in [1.29, 1.82) is 0 Å². The largest absolute Gasteiger partial charge is 0.473 e. The third kappa shape index (κ3) is 3.51. The van der Waals surface area contributed by atoms with Crippen LogP contribution in [0.3, 0.4) is 0 Å². The zero-order valence-electron chi connectivity index (χ0n) is 14.0. The molecule has 1 aliphatic heterocycles. The van der Waals surface area contributed by atoms with Crippen molar-refractivity contribution in [2.75, 3.05) is 13.1 Å². The number of piperidine rings is 1. The molecule has 0 atom stereocenters. The Morgan fingerprint density at radius 3 is 2.65 bits per heavy atom. The second-order valence-corrected chi connectivity index (χ2v) is 5.88. The van der Waals surface area contributed by atoms with Crippen LogP contribution in [0.25, 0.3) is 5.82 Å². The van der Waals surface area contributed by atoms with E-state index in [1.807, 2.05) is 12.1 Å². The molecule has 1 saturated heterocycles. The molecule has 9 nitrogen and oxygen atoms in total. The zero-order valence-corrected chi connectivity index (χ0v) is 14.0. The molecular weight excluding hydrogens is 334 g/mol. The Labute approximate surface area is 149 Å². The van der Waals surface area contributed by atoms with Crippen molar-refractivity contribution in [2.45, 2.75) is 18.9 Å². The van der Waals surface area contributed by atoms with Crippen LogP contribution < -0.4 is 4.74 Å². The molecule has 1 fully saturated rings. The lowest BCUT2D eigenvalue weighted by Crippen LogP contribution is -2.42. The number of likely N-dealkylation sites (tertiary alicyclic amines) is 1. The summed E-state index contributed by atoms with van der Waals surface area (Å²) < 4.78 is 7.52. The van der Waals surface area contributed by atoms with Crippen LogP contribution in [-0.4, -0.2) is 59.9 Å². The average Bonchev–Trinajstić information content (AvgIpc) is 3.24. The quantitative estimate of drug-likeness (QED) is 0.695. The molecule has 0 aromatic carbocycles. The number of carbonyl (C=O) groups is 1. The summed E-state index contributed by atoms with van der Waals surface area (Å²) >= 11 is 0. The molecule has 0 radical (unpaired) electrons. The third-order valence-corrected chi connectivity index (χ3v) is 4.16. The molecule has 4 rings (SSSR count). The summed E-state index contributed by atoms with van der Waals surface area (Å²) in [4.78, 5) is 22.1. The predicted octanol–water partition coefficient (Wildman–Crippen LogP) is 1.14. The fourth-order valence-corrected chi connectivity index (χ4v) is 2.82. The summed E-state index contributed by atoms with van der Waals surface area (Å²) in [6.45, 7) is 1.22. The van der Waals surface area contributed by atoms with Crippen molar-refractivity contribution in [3.05, 3.63) is 54.9 Å². The predicted molar refractivity (Wildman–Crippen MR) is 90.7 cm³/mol. The second-order valence-electron chi connectivity index (χ2n) is 5.88. The van der Waals surface area contributed by atoms with Crippen LogP contribution >= 0.6 is 0 Å². The highest BCUT2D eigenvalue weighted by Gasteiger charge is 2.25. The molecule has 1 amide bonds. The first kappa shape index (κ1) is 16.1. The summed E-state index contributed by atoms with van der Waals surface area (Å²) in [7, 11) is 0. The normalized spacial score (nSPS) is 15.0. The number of ether oxygens (including phenoxy) is 1. The molecule has 4 heterocycles. The molecule has 26 heavy (non-hydrogen) atoms. The van der Waals surface area contributed by atoms with Crippen LogP contribution in [0.1, 0.15) is 23.3 Å². The van der Waals surface area contributed by atoms with Gasteiger partial charge >= 0.3 is 0 Å². The maximum atomic E-state index is 12.4. The fraction of sp³-hybridized carbons (Fsp3) is 0.294. The van der Waals surface area contributed by atoms with Gasteiger partial charge in [0.05, 0.1) is 6.20 Å². The lowest BCUT2D eigenvalue weighted by molar-refractivity contribution is 0.0580. The molecule has 0 N–H and O–H groups in total. The number of nitrogens with zero attached hydrogens (tertiary/aromatic N) is 7. The number of hydrogen-bond acceptors (Lipinski definition) is 7. The number of rotatable bonds is 4. The number of aromatic nitrogens is 6. The Morgan fingerprint density at radius 1 is 1.12 bits per heavy atom. The van der Waals surface area contributed by atoms with Crippen LogP contribution in [0.2, 0.25) is 0 Å². The fourth-order valence-electron chi connectivity index (χ4n) is 2.82. The van der Waals surface area contributed by atoms with E-state index in [4.69, 9.17) is 4.74 Å². The summed E-state index contributed by atoms with van der Waals surface area (Å²) in [6, 6.07) is 5.41. The van der Waals surface area contributed by atoms with Crippen LogP contribution in [0, 0.1) is 0 Å². The van der Waals surface area contributed by atoms with E-state index in [9.17, 15) is 4.79 Å². The van der Waals surface area contributed by atoms with E-state index in [1.165, 1.54) is 12.4 Å². The molecular formula is C17H17N7O2. The minimum absolute atomic E-state index is 0.00533.